The van der Waals surface area contributed by atoms with Crippen LogP contribution in [0.25, 0.3) is 0 Å². The highest BCUT2D eigenvalue weighted by molar-refractivity contribution is 7.86. The number of hydrogen-bond acceptors (Lipinski definition) is 7. The number of aromatic hydroxyl groups is 1. The van der Waals surface area contributed by atoms with E-state index in [0.717, 1.165) is 22.9 Å². The lowest BCUT2D eigenvalue weighted by atomic mass is 9.96. The van der Waals surface area contributed by atoms with E-state index in [1.165, 1.54) is 12.1 Å². The fourth-order valence-corrected chi connectivity index (χ4v) is 5.77. The first kappa shape index (κ1) is 28.2. The van der Waals surface area contributed by atoms with Gasteiger partial charge in [-0.3, -0.25) is 9.00 Å². The van der Waals surface area contributed by atoms with Crippen molar-refractivity contribution in [2.45, 2.75) is 30.9 Å². The Morgan fingerprint density at radius 2 is 1.43 bits per heavy atom. The summed E-state index contributed by atoms with van der Waals surface area (Å²) in [6.07, 6.45) is 2.04. The van der Waals surface area contributed by atoms with E-state index in [9.17, 15) is 27.6 Å². The molecular weight excluding hydrogens is 516 g/mol. The number of phenolic OH excluding ortho intramolecular Hbond substituents is 1. The van der Waals surface area contributed by atoms with E-state index in [1.807, 2.05) is 24.3 Å². The third-order valence-electron chi connectivity index (χ3n) is 5.75. The third-order valence-corrected chi connectivity index (χ3v) is 8.02. The van der Waals surface area contributed by atoms with Crippen LogP contribution in [0.5, 0.6) is 17.2 Å². The van der Waals surface area contributed by atoms with Crippen LogP contribution in [0.4, 0.5) is 0 Å². The van der Waals surface area contributed by atoms with Crippen LogP contribution in [0.3, 0.4) is 0 Å². The first-order valence-corrected chi connectivity index (χ1v) is 14.8. The number of hydrogen-bond donors (Lipinski definition) is 2. The monoisotopic (exact) mass is 546 g/mol. The lowest BCUT2D eigenvalue weighted by Crippen LogP contribution is -2.33. The van der Waals surface area contributed by atoms with Gasteiger partial charge >= 0.3 is 16.1 Å². The van der Waals surface area contributed by atoms with E-state index in [1.54, 1.807) is 43.3 Å². The van der Waals surface area contributed by atoms with Crippen molar-refractivity contribution in [2.24, 2.45) is 0 Å². The average molecular weight is 547 g/mol. The first-order chi connectivity index (χ1) is 17.5. The second kappa shape index (κ2) is 12.7. The topological polar surface area (TPSA) is 127 Å². The van der Waals surface area contributed by atoms with Crippen LogP contribution in [-0.2, 0) is 38.6 Å². The van der Waals surface area contributed by atoms with Crippen molar-refractivity contribution in [1.82, 2.24) is 0 Å². The summed E-state index contributed by atoms with van der Waals surface area (Å²) >= 11 is 0. The number of ether oxygens (including phenoxy) is 1. The van der Waals surface area contributed by atoms with Gasteiger partial charge in [0.05, 0.1) is 12.9 Å². The normalized spacial score (nSPS) is 13.9. The molecule has 0 bridgehead atoms. The zero-order valence-electron chi connectivity index (χ0n) is 20.6. The van der Waals surface area contributed by atoms with E-state index in [0.29, 0.717) is 25.2 Å². The van der Waals surface area contributed by atoms with Gasteiger partial charge in [-0.05, 0) is 59.5 Å². The van der Waals surface area contributed by atoms with Crippen LogP contribution in [0, 0.1) is 0 Å². The number of benzene rings is 3. The number of carboxylic acid groups (broad SMARTS) is 1. The molecule has 2 N–H and O–H groups in total. The minimum atomic E-state index is -3.58. The number of aryl methyl sites for hydroxylation is 1. The number of aliphatic carboxylic acids is 1. The van der Waals surface area contributed by atoms with E-state index in [-0.39, 0.29) is 17.3 Å². The first-order valence-electron chi connectivity index (χ1n) is 11.6. The quantitative estimate of drug-likeness (QED) is 0.309. The minimum absolute atomic E-state index is 0.146. The van der Waals surface area contributed by atoms with Crippen LogP contribution in [-0.4, -0.2) is 52.7 Å². The van der Waals surface area contributed by atoms with Gasteiger partial charge in [-0.2, -0.15) is 8.42 Å². The summed E-state index contributed by atoms with van der Waals surface area (Å²) < 4.78 is 45.7. The Morgan fingerprint density at radius 3 is 2.00 bits per heavy atom. The van der Waals surface area contributed by atoms with Gasteiger partial charge in [0.25, 0.3) is 0 Å². The van der Waals surface area contributed by atoms with Gasteiger partial charge in [-0.25, -0.2) is 0 Å². The molecule has 3 atom stereocenters. The fourth-order valence-electron chi connectivity index (χ4n) is 3.78. The van der Waals surface area contributed by atoms with Crippen LogP contribution in [0.2, 0.25) is 0 Å². The van der Waals surface area contributed by atoms with Crippen molar-refractivity contribution in [3.05, 3.63) is 89.5 Å². The van der Waals surface area contributed by atoms with Crippen LogP contribution >= 0.6 is 0 Å². The maximum Gasteiger partial charge on any atom is 0.319 e. The Hall–Kier alpha value is -3.37. The van der Waals surface area contributed by atoms with Crippen molar-refractivity contribution in [3.8, 4) is 17.2 Å². The maximum absolute atomic E-state index is 12.9. The van der Waals surface area contributed by atoms with Crippen LogP contribution in [0.15, 0.2) is 72.8 Å². The third kappa shape index (κ3) is 8.91. The molecule has 0 fully saturated rings. The van der Waals surface area contributed by atoms with Crippen molar-refractivity contribution >= 4 is 26.9 Å². The van der Waals surface area contributed by atoms with Gasteiger partial charge in [0.1, 0.15) is 22.5 Å². The Balaban J connectivity index is 1.53. The molecule has 2 unspecified atom stereocenters. The number of carbonyl (C=O) groups is 1. The summed E-state index contributed by atoms with van der Waals surface area (Å²) in [5.74, 6) is -0.403. The second-order valence-electron chi connectivity index (χ2n) is 8.65. The summed E-state index contributed by atoms with van der Waals surface area (Å²) in [5.41, 5.74) is 2.66. The molecule has 198 valence electrons. The Bertz CT molecular complexity index is 1300. The SMILES string of the molecule is CC(c1ccc(CCOc2ccc(OS(C)(=O)=O)cc2)cc1)[C@H](C(=O)O)S(=O)CCc1ccc(O)cc1. The Labute approximate surface area is 219 Å². The molecule has 0 aliphatic carbocycles. The van der Waals surface area contributed by atoms with Crippen molar-refractivity contribution in [3.63, 3.8) is 0 Å². The van der Waals surface area contributed by atoms with Gasteiger partial charge in [0.2, 0.25) is 0 Å². The Morgan fingerprint density at radius 1 is 0.892 bits per heavy atom. The van der Waals surface area contributed by atoms with Crippen molar-refractivity contribution in [2.75, 3.05) is 18.6 Å². The lowest BCUT2D eigenvalue weighted by molar-refractivity contribution is -0.136. The van der Waals surface area contributed by atoms with Gasteiger partial charge in [-0.1, -0.05) is 43.3 Å². The zero-order chi connectivity index (χ0) is 27.0. The molecule has 3 aromatic rings. The van der Waals surface area contributed by atoms with Crippen LogP contribution < -0.4 is 8.92 Å². The molecule has 3 rings (SSSR count). The zero-order valence-corrected chi connectivity index (χ0v) is 22.2. The highest BCUT2D eigenvalue weighted by Crippen LogP contribution is 2.25. The van der Waals surface area contributed by atoms with Gasteiger partial charge in [0.15, 0.2) is 0 Å². The van der Waals surface area contributed by atoms with Gasteiger partial charge in [0, 0.05) is 28.9 Å². The van der Waals surface area contributed by atoms with E-state index >= 15 is 0 Å². The highest BCUT2D eigenvalue weighted by atomic mass is 32.2. The predicted octanol–water partition coefficient (Wildman–Crippen LogP) is 3.90. The molecule has 0 aromatic heterocycles. The molecule has 0 amide bonds. The summed E-state index contributed by atoms with van der Waals surface area (Å²) in [4.78, 5) is 12.0. The summed E-state index contributed by atoms with van der Waals surface area (Å²) in [6.45, 7) is 2.16. The lowest BCUT2D eigenvalue weighted by Gasteiger charge is -2.20. The molecule has 3 aromatic carbocycles. The van der Waals surface area contributed by atoms with Gasteiger partial charge in [-0.15, -0.1) is 0 Å². The number of phenols is 1. The number of carboxylic acids is 1. The molecule has 0 saturated heterocycles. The van der Waals surface area contributed by atoms with E-state index in [2.05, 4.69) is 0 Å². The maximum atomic E-state index is 12.9. The van der Waals surface area contributed by atoms with E-state index < -0.39 is 38.1 Å². The molecule has 37 heavy (non-hydrogen) atoms. The second-order valence-corrected chi connectivity index (χ2v) is 11.9. The molecule has 0 aliphatic heterocycles. The van der Waals surface area contributed by atoms with Gasteiger partial charge < -0.3 is 19.1 Å². The number of rotatable bonds is 13. The summed E-state index contributed by atoms with van der Waals surface area (Å²) in [6, 6.07) is 20.3. The standard InChI is InChI=1S/C27H30O8S2/c1-19(26(27(29)30)36(31)18-16-21-5-9-23(28)10-6-21)22-7-3-20(4-8-22)15-17-34-24-11-13-25(14-12-24)35-37(2,32)33/h3-14,19,26,28H,15-18H2,1-2H3,(H,29,30)/t19?,26-,36?/m1/s1. The van der Waals surface area contributed by atoms with E-state index in [4.69, 9.17) is 8.92 Å². The largest absolute Gasteiger partial charge is 0.508 e. The average Bonchev–Trinajstić information content (AvgIpc) is 2.84. The molecule has 0 aliphatic rings. The van der Waals surface area contributed by atoms with Crippen molar-refractivity contribution < 1.29 is 36.6 Å². The smallest absolute Gasteiger partial charge is 0.319 e. The summed E-state index contributed by atoms with van der Waals surface area (Å²) in [5, 5.41) is 18.1. The fraction of sp³-hybridized carbons (Fsp3) is 0.296. The van der Waals surface area contributed by atoms with Crippen molar-refractivity contribution in [1.29, 1.82) is 0 Å². The van der Waals surface area contributed by atoms with Crippen LogP contribution in [0.1, 0.15) is 29.5 Å². The summed E-state index contributed by atoms with van der Waals surface area (Å²) in [7, 11) is -5.17. The molecule has 10 heteroatoms. The molecule has 0 saturated carbocycles. The molecule has 0 heterocycles. The molecule has 0 spiro atoms. The molecular formula is C27H30O8S2. The Kier molecular flexibility index (Phi) is 9.71. The minimum Gasteiger partial charge on any atom is -0.508 e. The highest BCUT2D eigenvalue weighted by Gasteiger charge is 2.31. The molecule has 0 radical (unpaired) electrons. The molecule has 8 nitrogen and oxygen atoms in total. The predicted molar refractivity (Wildman–Crippen MR) is 142 cm³/mol.